The standard InChI is InChI=1S/C20H20BrFN6.HI/c1-23-20(26-10-16-12-28-11-14(21)2-5-19(28)27-16)24-7-6-13-9-25-18-4-3-15(22)8-17(13)18;/h2-5,8-9,11-12,25H,6-7,10H2,1H3,(H2,23,24,26);1H. The second kappa shape index (κ2) is 9.57. The first kappa shape index (κ1) is 21.6. The number of guanidine groups is 1. The fourth-order valence-electron chi connectivity index (χ4n) is 3.17. The molecule has 152 valence electrons. The topological polar surface area (TPSA) is 69.5 Å². The minimum Gasteiger partial charge on any atom is -0.361 e. The van der Waals surface area contributed by atoms with Gasteiger partial charge in [0.2, 0.25) is 0 Å². The Kier molecular flexibility index (Phi) is 7.12. The summed E-state index contributed by atoms with van der Waals surface area (Å²) in [5, 5.41) is 7.48. The highest BCUT2D eigenvalue weighted by atomic mass is 127. The lowest BCUT2D eigenvalue weighted by molar-refractivity contribution is 0.629. The van der Waals surface area contributed by atoms with E-state index in [1.165, 1.54) is 6.07 Å². The number of nitrogens with zero attached hydrogens (tertiary/aromatic N) is 3. The lowest BCUT2D eigenvalue weighted by Crippen LogP contribution is -2.37. The first-order valence-electron chi connectivity index (χ1n) is 8.95. The Hall–Kier alpha value is -2.14. The zero-order valence-corrected chi connectivity index (χ0v) is 19.7. The maximum atomic E-state index is 13.5. The highest BCUT2D eigenvalue weighted by Crippen LogP contribution is 2.19. The highest BCUT2D eigenvalue weighted by Gasteiger charge is 2.06. The number of aliphatic imine (C=N–C) groups is 1. The molecule has 0 amide bonds. The first-order valence-corrected chi connectivity index (χ1v) is 9.75. The van der Waals surface area contributed by atoms with E-state index < -0.39 is 0 Å². The van der Waals surface area contributed by atoms with E-state index in [1.54, 1.807) is 19.2 Å². The summed E-state index contributed by atoms with van der Waals surface area (Å²) in [6.07, 6.45) is 6.65. The number of aromatic amines is 1. The van der Waals surface area contributed by atoms with Crippen molar-refractivity contribution in [2.24, 2.45) is 4.99 Å². The second-order valence-corrected chi connectivity index (χ2v) is 7.37. The molecule has 0 aliphatic rings. The molecule has 4 rings (SSSR count). The Morgan fingerprint density at radius 1 is 1.24 bits per heavy atom. The fraction of sp³-hybridized carbons (Fsp3) is 0.200. The van der Waals surface area contributed by atoms with Gasteiger partial charge in [-0.05, 0) is 58.2 Å². The van der Waals surface area contributed by atoms with Crippen molar-refractivity contribution in [3.05, 3.63) is 70.5 Å². The number of halogens is 3. The lowest BCUT2D eigenvalue weighted by Gasteiger charge is -2.10. The average Bonchev–Trinajstić information content (AvgIpc) is 3.27. The molecule has 0 saturated carbocycles. The molecule has 0 radical (unpaired) electrons. The van der Waals surface area contributed by atoms with E-state index in [9.17, 15) is 4.39 Å². The van der Waals surface area contributed by atoms with Crippen LogP contribution in [0.1, 0.15) is 11.3 Å². The van der Waals surface area contributed by atoms with Gasteiger partial charge in [0, 0.05) is 47.6 Å². The fourth-order valence-corrected chi connectivity index (χ4v) is 3.52. The number of H-pyrrole nitrogens is 1. The zero-order chi connectivity index (χ0) is 19.5. The van der Waals surface area contributed by atoms with Crippen LogP contribution in [0.4, 0.5) is 4.39 Å². The zero-order valence-electron chi connectivity index (χ0n) is 15.7. The van der Waals surface area contributed by atoms with Crippen LogP contribution in [0.2, 0.25) is 0 Å². The molecule has 0 aliphatic carbocycles. The maximum absolute atomic E-state index is 13.5. The predicted molar refractivity (Wildman–Crippen MR) is 128 cm³/mol. The number of benzene rings is 1. The van der Waals surface area contributed by atoms with Crippen LogP contribution in [0.15, 0.2) is 58.4 Å². The van der Waals surface area contributed by atoms with Gasteiger partial charge in [0.25, 0.3) is 0 Å². The third kappa shape index (κ3) is 5.08. The molecule has 4 aromatic rings. The summed E-state index contributed by atoms with van der Waals surface area (Å²) in [5.41, 5.74) is 3.84. The van der Waals surface area contributed by atoms with Crippen molar-refractivity contribution in [1.29, 1.82) is 0 Å². The summed E-state index contributed by atoms with van der Waals surface area (Å²) >= 11 is 3.46. The molecule has 9 heteroatoms. The molecule has 0 unspecified atom stereocenters. The summed E-state index contributed by atoms with van der Waals surface area (Å²) in [4.78, 5) is 12.0. The number of fused-ring (bicyclic) bond motifs is 2. The van der Waals surface area contributed by atoms with Crippen molar-refractivity contribution in [2.45, 2.75) is 13.0 Å². The SMILES string of the molecule is CN=C(NCCc1c[nH]c2ccc(F)cc12)NCc1cn2cc(Br)ccc2n1.I. The van der Waals surface area contributed by atoms with Gasteiger partial charge < -0.3 is 20.0 Å². The number of nitrogens with one attached hydrogen (secondary N) is 3. The molecule has 29 heavy (non-hydrogen) atoms. The van der Waals surface area contributed by atoms with E-state index in [0.29, 0.717) is 19.0 Å². The summed E-state index contributed by atoms with van der Waals surface area (Å²) in [6.45, 7) is 1.25. The normalized spacial score (nSPS) is 11.6. The molecule has 3 aromatic heterocycles. The Morgan fingerprint density at radius 2 is 2.10 bits per heavy atom. The van der Waals surface area contributed by atoms with E-state index in [-0.39, 0.29) is 29.8 Å². The number of imidazole rings is 1. The van der Waals surface area contributed by atoms with E-state index in [4.69, 9.17) is 0 Å². The summed E-state index contributed by atoms with van der Waals surface area (Å²) in [5.74, 6) is 0.475. The van der Waals surface area contributed by atoms with Crippen LogP contribution in [0.5, 0.6) is 0 Å². The van der Waals surface area contributed by atoms with Gasteiger partial charge >= 0.3 is 0 Å². The molecule has 3 N–H and O–H groups in total. The van der Waals surface area contributed by atoms with Crippen molar-refractivity contribution in [3.8, 4) is 0 Å². The van der Waals surface area contributed by atoms with Crippen molar-refractivity contribution >= 4 is 62.4 Å². The highest BCUT2D eigenvalue weighted by molar-refractivity contribution is 14.0. The molecule has 0 saturated heterocycles. The van der Waals surface area contributed by atoms with Gasteiger partial charge in [0.1, 0.15) is 11.5 Å². The Morgan fingerprint density at radius 3 is 2.93 bits per heavy atom. The second-order valence-electron chi connectivity index (χ2n) is 6.45. The van der Waals surface area contributed by atoms with E-state index in [1.807, 2.05) is 35.1 Å². The number of aromatic nitrogens is 3. The Balaban J connectivity index is 0.00000240. The number of hydrogen-bond donors (Lipinski definition) is 3. The van der Waals surface area contributed by atoms with Crippen molar-refractivity contribution < 1.29 is 4.39 Å². The van der Waals surface area contributed by atoms with Crippen LogP contribution < -0.4 is 10.6 Å². The van der Waals surface area contributed by atoms with Crippen molar-refractivity contribution in [3.63, 3.8) is 0 Å². The average molecular weight is 571 g/mol. The van der Waals surface area contributed by atoms with Gasteiger partial charge in [0.15, 0.2) is 5.96 Å². The summed E-state index contributed by atoms with van der Waals surface area (Å²) in [7, 11) is 1.73. The molecule has 0 fully saturated rings. The molecular weight excluding hydrogens is 550 g/mol. The first-order chi connectivity index (χ1) is 13.6. The van der Waals surface area contributed by atoms with Gasteiger partial charge in [0.05, 0.1) is 12.2 Å². The third-order valence-electron chi connectivity index (χ3n) is 4.54. The Bertz CT molecular complexity index is 1150. The van der Waals surface area contributed by atoms with E-state index in [2.05, 4.69) is 41.5 Å². The van der Waals surface area contributed by atoms with Gasteiger partial charge in [-0.2, -0.15) is 0 Å². The maximum Gasteiger partial charge on any atom is 0.191 e. The van der Waals surface area contributed by atoms with Crippen LogP contribution >= 0.6 is 39.9 Å². The number of pyridine rings is 1. The van der Waals surface area contributed by atoms with Gasteiger partial charge in [-0.15, -0.1) is 24.0 Å². The monoisotopic (exact) mass is 570 g/mol. The minimum atomic E-state index is -0.224. The largest absolute Gasteiger partial charge is 0.361 e. The smallest absolute Gasteiger partial charge is 0.191 e. The van der Waals surface area contributed by atoms with Gasteiger partial charge in [-0.25, -0.2) is 9.37 Å². The molecular formula is C20H21BrFIN6. The van der Waals surface area contributed by atoms with Crippen LogP contribution in [0.25, 0.3) is 16.6 Å². The quantitative estimate of drug-likeness (QED) is 0.191. The molecule has 0 atom stereocenters. The third-order valence-corrected chi connectivity index (χ3v) is 5.01. The summed E-state index contributed by atoms with van der Waals surface area (Å²) < 4.78 is 16.5. The molecule has 1 aromatic carbocycles. The molecule has 0 aliphatic heterocycles. The van der Waals surface area contributed by atoms with E-state index in [0.717, 1.165) is 38.7 Å². The van der Waals surface area contributed by atoms with Crippen molar-refractivity contribution in [1.82, 2.24) is 25.0 Å². The predicted octanol–water partition coefficient (Wildman–Crippen LogP) is 4.24. The van der Waals surface area contributed by atoms with Crippen LogP contribution in [0, 0.1) is 5.82 Å². The Labute approximate surface area is 193 Å². The van der Waals surface area contributed by atoms with Gasteiger partial charge in [-0.1, -0.05) is 0 Å². The number of hydrogen-bond acceptors (Lipinski definition) is 2. The van der Waals surface area contributed by atoms with Crippen LogP contribution in [-0.4, -0.2) is 33.9 Å². The number of rotatable bonds is 5. The molecule has 6 nitrogen and oxygen atoms in total. The lowest BCUT2D eigenvalue weighted by atomic mass is 10.1. The van der Waals surface area contributed by atoms with Crippen LogP contribution in [0.3, 0.4) is 0 Å². The van der Waals surface area contributed by atoms with Gasteiger partial charge in [-0.3, -0.25) is 4.99 Å². The van der Waals surface area contributed by atoms with Crippen molar-refractivity contribution in [2.75, 3.05) is 13.6 Å². The molecule has 0 spiro atoms. The van der Waals surface area contributed by atoms with Crippen LogP contribution in [-0.2, 0) is 13.0 Å². The van der Waals surface area contributed by atoms with E-state index >= 15 is 0 Å². The molecule has 0 bridgehead atoms. The molecule has 3 heterocycles. The summed E-state index contributed by atoms with van der Waals surface area (Å²) in [6, 6.07) is 8.72. The minimum absolute atomic E-state index is 0.